The summed E-state index contributed by atoms with van der Waals surface area (Å²) in [5, 5.41) is 3.55. The second-order valence-electron chi connectivity index (χ2n) is 7.52. The van der Waals surface area contributed by atoms with Gasteiger partial charge in [0.1, 0.15) is 6.54 Å². The Kier molecular flexibility index (Phi) is 9.67. The molecular formula is C18H34IN5O2. The van der Waals surface area contributed by atoms with E-state index in [1.807, 2.05) is 18.7 Å². The van der Waals surface area contributed by atoms with Gasteiger partial charge in [-0.05, 0) is 12.8 Å². The lowest BCUT2D eigenvalue weighted by Gasteiger charge is -2.38. The van der Waals surface area contributed by atoms with Crippen LogP contribution < -0.4 is 5.32 Å². The molecule has 2 aliphatic rings. The number of guanidine groups is 1. The highest BCUT2D eigenvalue weighted by atomic mass is 127. The standard InChI is InChI=1S/C18H33N5O2.HI/c1-14(2)17(25)22-9-11-23(12-10-22)18(19-13-16(24)21(3)4)20-15-7-5-6-8-15;/h14-15H,5-13H2,1-4H3,(H,19,20);1H. The number of carbonyl (C=O) groups is 2. The van der Waals surface area contributed by atoms with Crippen molar-refractivity contribution in [2.75, 3.05) is 46.8 Å². The maximum Gasteiger partial charge on any atom is 0.243 e. The van der Waals surface area contributed by atoms with Gasteiger partial charge in [0.15, 0.2) is 5.96 Å². The second-order valence-corrected chi connectivity index (χ2v) is 7.52. The summed E-state index contributed by atoms with van der Waals surface area (Å²) in [6.07, 6.45) is 4.81. The molecule has 0 atom stereocenters. The maximum absolute atomic E-state index is 12.2. The molecule has 150 valence electrons. The van der Waals surface area contributed by atoms with Crippen molar-refractivity contribution in [3.63, 3.8) is 0 Å². The first kappa shape index (κ1) is 23.0. The zero-order valence-corrected chi connectivity index (χ0v) is 18.9. The molecule has 1 saturated heterocycles. The first-order valence-electron chi connectivity index (χ1n) is 9.43. The molecule has 1 heterocycles. The van der Waals surface area contributed by atoms with Crippen LogP contribution in [-0.2, 0) is 9.59 Å². The fraction of sp³-hybridized carbons (Fsp3) is 0.833. The van der Waals surface area contributed by atoms with E-state index in [0.29, 0.717) is 19.1 Å². The summed E-state index contributed by atoms with van der Waals surface area (Å²) >= 11 is 0. The topological polar surface area (TPSA) is 68.2 Å². The van der Waals surface area contributed by atoms with Crippen LogP contribution in [0.3, 0.4) is 0 Å². The average molecular weight is 479 g/mol. The molecule has 0 aromatic heterocycles. The number of piperazine rings is 1. The molecule has 1 N–H and O–H groups in total. The Hall–Kier alpha value is -1.06. The van der Waals surface area contributed by atoms with Gasteiger partial charge in [-0.25, -0.2) is 4.99 Å². The molecule has 0 spiro atoms. The Bertz CT molecular complexity index is 496. The molecule has 0 unspecified atom stereocenters. The highest BCUT2D eigenvalue weighted by Gasteiger charge is 2.26. The number of carbonyl (C=O) groups excluding carboxylic acids is 2. The van der Waals surface area contributed by atoms with Crippen LogP contribution in [0.1, 0.15) is 39.5 Å². The lowest BCUT2D eigenvalue weighted by molar-refractivity contribution is -0.135. The number of likely N-dealkylation sites (N-methyl/N-ethyl adjacent to an activating group) is 1. The fourth-order valence-corrected chi connectivity index (χ4v) is 3.28. The highest BCUT2D eigenvalue weighted by Crippen LogP contribution is 2.18. The Labute approximate surface area is 174 Å². The van der Waals surface area contributed by atoms with E-state index >= 15 is 0 Å². The van der Waals surface area contributed by atoms with Gasteiger partial charge in [-0.2, -0.15) is 0 Å². The maximum atomic E-state index is 12.2. The molecular weight excluding hydrogens is 445 g/mol. The monoisotopic (exact) mass is 479 g/mol. The van der Waals surface area contributed by atoms with Gasteiger partial charge in [-0.3, -0.25) is 9.59 Å². The number of nitrogens with zero attached hydrogens (tertiary/aromatic N) is 4. The summed E-state index contributed by atoms with van der Waals surface area (Å²) in [5.74, 6) is 1.07. The third-order valence-corrected chi connectivity index (χ3v) is 4.94. The minimum atomic E-state index is -0.000608. The zero-order chi connectivity index (χ0) is 18.4. The molecule has 2 amide bonds. The van der Waals surface area contributed by atoms with Crippen LogP contribution in [0.4, 0.5) is 0 Å². The van der Waals surface area contributed by atoms with Crippen LogP contribution >= 0.6 is 24.0 Å². The average Bonchev–Trinajstić information content (AvgIpc) is 3.10. The summed E-state index contributed by atoms with van der Waals surface area (Å²) in [6, 6.07) is 0.448. The van der Waals surface area contributed by atoms with E-state index < -0.39 is 0 Å². The van der Waals surface area contributed by atoms with Crippen LogP contribution in [0, 0.1) is 5.92 Å². The number of hydrogen-bond acceptors (Lipinski definition) is 3. The van der Waals surface area contributed by atoms with E-state index in [2.05, 4.69) is 15.2 Å². The van der Waals surface area contributed by atoms with Crippen LogP contribution in [0.2, 0.25) is 0 Å². The van der Waals surface area contributed by atoms with Gasteiger partial charge >= 0.3 is 0 Å². The predicted octanol–water partition coefficient (Wildman–Crippen LogP) is 1.38. The summed E-state index contributed by atoms with van der Waals surface area (Å²) in [5.41, 5.74) is 0. The lowest BCUT2D eigenvalue weighted by Crippen LogP contribution is -2.55. The minimum absolute atomic E-state index is 0. The van der Waals surface area contributed by atoms with Crippen LogP contribution in [0.5, 0.6) is 0 Å². The van der Waals surface area contributed by atoms with Crippen LogP contribution in [0.25, 0.3) is 0 Å². The number of halogens is 1. The minimum Gasteiger partial charge on any atom is -0.353 e. The fourth-order valence-electron chi connectivity index (χ4n) is 3.28. The number of rotatable bonds is 4. The number of aliphatic imine (C=N–C) groups is 1. The van der Waals surface area contributed by atoms with Gasteiger partial charge in [0, 0.05) is 52.2 Å². The second kappa shape index (κ2) is 10.9. The third-order valence-electron chi connectivity index (χ3n) is 4.94. The van der Waals surface area contributed by atoms with Gasteiger partial charge in [-0.1, -0.05) is 26.7 Å². The number of hydrogen-bond donors (Lipinski definition) is 1. The molecule has 26 heavy (non-hydrogen) atoms. The first-order valence-corrected chi connectivity index (χ1v) is 9.43. The van der Waals surface area contributed by atoms with Crippen molar-refractivity contribution in [3.05, 3.63) is 0 Å². The molecule has 0 aromatic carbocycles. The first-order chi connectivity index (χ1) is 11.9. The molecule has 1 aliphatic heterocycles. The molecule has 8 heteroatoms. The smallest absolute Gasteiger partial charge is 0.243 e. The third kappa shape index (κ3) is 6.59. The lowest BCUT2D eigenvalue weighted by atomic mass is 10.1. The normalized spacial score (nSPS) is 18.7. The van der Waals surface area contributed by atoms with Crippen molar-refractivity contribution < 1.29 is 9.59 Å². The van der Waals surface area contributed by atoms with Crippen molar-refractivity contribution >= 4 is 41.8 Å². The molecule has 1 aliphatic carbocycles. The quantitative estimate of drug-likeness (QED) is 0.376. The number of nitrogens with one attached hydrogen (secondary N) is 1. The van der Waals surface area contributed by atoms with E-state index in [9.17, 15) is 9.59 Å². The largest absolute Gasteiger partial charge is 0.353 e. The van der Waals surface area contributed by atoms with Crippen molar-refractivity contribution in [1.29, 1.82) is 0 Å². The van der Waals surface area contributed by atoms with Crippen molar-refractivity contribution in [1.82, 2.24) is 20.0 Å². The molecule has 2 fully saturated rings. The summed E-state index contributed by atoms with van der Waals surface area (Å²) in [7, 11) is 3.50. The van der Waals surface area contributed by atoms with Gasteiger partial charge in [0.05, 0.1) is 0 Å². The van der Waals surface area contributed by atoms with Crippen molar-refractivity contribution in [3.8, 4) is 0 Å². The van der Waals surface area contributed by atoms with Crippen LogP contribution in [-0.4, -0.2) is 85.3 Å². The van der Waals surface area contributed by atoms with Crippen LogP contribution in [0.15, 0.2) is 4.99 Å². The van der Waals surface area contributed by atoms with E-state index in [1.54, 1.807) is 19.0 Å². The Balaban J connectivity index is 0.00000338. The Morgan fingerprint density at radius 1 is 1.08 bits per heavy atom. The molecule has 1 saturated carbocycles. The van der Waals surface area contributed by atoms with E-state index in [-0.39, 0.29) is 48.3 Å². The molecule has 7 nitrogen and oxygen atoms in total. The Morgan fingerprint density at radius 3 is 2.12 bits per heavy atom. The summed E-state index contributed by atoms with van der Waals surface area (Å²) in [6.45, 7) is 6.98. The van der Waals surface area contributed by atoms with Gasteiger partial charge in [-0.15, -0.1) is 24.0 Å². The molecule has 0 radical (unpaired) electrons. The SMILES string of the molecule is CC(C)C(=O)N1CCN(C(=NCC(=O)N(C)C)NC2CCCC2)CC1.I. The van der Waals surface area contributed by atoms with Gasteiger partial charge in [0.2, 0.25) is 11.8 Å². The summed E-state index contributed by atoms with van der Waals surface area (Å²) < 4.78 is 0. The molecule has 0 bridgehead atoms. The summed E-state index contributed by atoms with van der Waals surface area (Å²) in [4.78, 5) is 34.3. The van der Waals surface area contributed by atoms with Gasteiger partial charge in [0.25, 0.3) is 0 Å². The number of amides is 2. The molecule has 2 rings (SSSR count). The Morgan fingerprint density at radius 2 is 1.62 bits per heavy atom. The predicted molar refractivity (Wildman–Crippen MR) is 115 cm³/mol. The zero-order valence-electron chi connectivity index (χ0n) is 16.5. The van der Waals surface area contributed by atoms with E-state index in [0.717, 1.165) is 31.9 Å². The van der Waals surface area contributed by atoms with E-state index in [4.69, 9.17) is 0 Å². The molecule has 0 aromatic rings. The van der Waals surface area contributed by atoms with E-state index in [1.165, 1.54) is 12.8 Å². The van der Waals surface area contributed by atoms with Crippen molar-refractivity contribution in [2.45, 2.75) is 45.6 Å². The van der Waals surface area contributed by atoms with Crippen molar-refractivity contribution in [2.24, 2.45) is 10.9 Å². The highest BCUT2D eigenvalue weighted by molar-refractivity contribution is 14.0. The van der Waals surface area contributed by atoms with Gasteiger partial charge < -0.3 is 20.0 Å².